The summed E-state index contributed by atoms with van der Waals surface area (Å²) in [6.45, 7) is 28.9. The van der Waals surface area contributed by atoms with E-state index in [1.165, 1.54) is 22.5 Å². The molecule has 2 rings (SSSR count). The van der Waals surface area contributed by atoms with Crippen molar-refractivity contribution in [3.8, 4) is 11.1 Å². The molecule has 0 unspecified atom stereocenters. The van der Waals surface area contributed by atoms with Crippen molar-refractivity contribution >= 4 is 15.8 Å². The van der Waals surface area contributed by atoms with E-state index >= 15 is 0 Å². The minimum absolute atomic E-state index is 0.235. The highest BCUT2D eigenvalue weighted by atomic mass is 31.1. The number of hydrogen-bond donors (Lipinski definition) is 0. The Labute approximate surface area is 201 Å². The summed E-state index contributed by atoms with van der Waals surface area (Å²) in [5.41, 5.74) is 5.16. The summed E-state index contributed by atoms with van der Waals surface area (Å²) in [4.78, 5) is 5.32. The molecule has 178 valence electrons. The van der Waals surface area contributed by atoms with Gasteiger partial charge in [0.05, 0.1) is 0 Å². The number of hydrogen-bond acceptors (Lipinski definition) is 1. The monoisotopic (exact) mass is 471 g/mol. The zero-order valence-corrected chi connectivity index (χ0v) is 24.6. The molecule has 2 aromatic rings. The van der Waals surface area contributed by atoms with E-state index in [4.69, 9.17) is 4.98 Å². The van der Waals surface area contributed by atoms with Crippen LogP contribution in [0.15, 0.2) is 42.5 Å². The van der Waals surface area contributed by atoms with E-state index in [-0.39, 0.29) is 15.8 Å². The molecule has 0 saturated carbocycles. The summed E-state index contributed by atoms with van der Waals surface area (Å²) in [5, 5.41) is 1.17. The average molecular weight is 472 g/mol. The highest BCUT2D eigenvalue weighted by Crippen LogP contribution is 2.62. The van der Waals surface area contributed by atoms with Gasteiger partial charge in [-0.15, -0.1) is 0 Å². The van der Waals surface area contributed by atoms with Crippen LogP contribution in [0.4, 0.5) is 0 Å². The van der Waals surface area contributed by atoms with Crippen LogP contribution >= 0.6 is 15.8 Å². The molecule has 0 bridgehead atoms. The van der Waals surface area contributed by atoms with Gasteiger partial charge < -0.3 is 0 Å². The fourth-order valence-corrected chi connectivity index (χ4v) is 11.8. The lowest BCUT2D eigenvalue weighted by Gasteiger charge is -2.42. The third kappa shape index (κ3) is 7.64. The first kappa shape index (κ1) is 27.5. The van der Waals surface area contributed by atoms with E-state index in [1.807, 2.05) is 0 Å². The van der Waals surface area contributed by atoms with Crippen molar-refractivity contribution in [3.63, 3.8) is 0 Å². The van der Waals surface area contributed by atoms with E-state index in [2.05, 4.69) is 126 Å². The van der Waals surface area contributed by atoms with Gasteiger partial charge in [-0.3, -0.25) is 4.98 Å². The topological polar surface area (TPSA) is 12.9 Å². The summed E-state index contributed by atoms with van der Waals surface area (Å²) in [5.74, 6) is 0. The van der Waals surface area contributed by atoms with Crippen molar-refractivity contribution in [2.75, 3.05) is 0 Å². The van der Waals surface area contributed by atoms with Gasteiger partial charge >= 0.3 is 0 Å². The van der Waals surface area contributed by atoms with Crippen LogP contribution in [0, 0.1) is 0 Å². The van der Waals surface area contributed by atoms with Gasteiger partial charge in [-0.25, -0.2) is 0 Å². The van der Waals surface area contributed by atoms with Gasteiger partial charge in [0.15, 0.2) is 0 Å². The Morgan fingerprint density at radius 1 is 0.531 bits per heavy atom. The molecule has 0 aliphatic heterocycles. The van der Waals surface area contributed by atoms with E-state index in [0.29, 0.717) is 20.6 Å². The summed E-state index contributed by atoms with van der Waals surface area (Å²) < 4.78 is 0. The quantitative estimate of drug-likeness (QED) is 0.395. The molecular weight excluding hydrogens is 424 g/mol. The molecule has 0 saturated heterocycles. The third-order valence-corrected chi connectivity index (χ3v) is 13.7. The van der Waals surface area contributed by atoms with Gasteiger partial charge in [-0.2, -0.15) is 0 Å². The van der Waals surface area contributed by atoms with E-state index in [0.717, 1.165) is 12.3 Å². The van der Waals surface area contributed by atoms with E-state index in [9.17, 15) is 0 Å². The molecule has 0 fully saturated rings. The second-order valence-corrected chi connectivity index (χ2v) is 20.8. The zero-order chi connectivity index (χ0) is 24.5. The molecule has 1 nitrogen and oxygen atoms in total. The Morgan fingerprint density at radius 3 is 1.19 bits per heavy atom. The normalized spacial score (nSPS) is 13.8. The van der Waals surface area contributed by atoms with Crippen molar-refractivity contribution in [1.82, 2.24) is 4.98 Å². The maximum Gasteiger partial charge on any atom is 0.0456 e. The third-order valence-electron chi connectivity index (χ3n) is 5.92. The molecule has 0 aliphatic rings. The minimum atomic E-state index is -0.235. The predicted molar refractivity (Wildman–Crippen MR) is 150 cm³/mol. The summed E-state index contributed by atoms with van der Waals surface area (Å²) in [7, 11) is -0.471. The Bertz CT molecular complexity index is 794. The second kappa shape index (κ2) is 9.84. The Morgan fingerprint density at radius 2 is 0.875 bits per heavy atom. The van der Waals surface area contributed by atoms with Gasteiger partial charge in [0.25, 0.3) is 0 Å². The molecule has 0 amide bonds. The van der Waals surface area contributed by atoms with Gasteiger partial charge in [0.1, 0.15) is 0 Å². The lowest BCUT2D eigenvalue weighted by atomic mass is 10.1. The maximum absolute atomic E-state index is 5.32. The van der Waals surface area contributed by atoms with E-state index < -0.39 is 0 Å². The van der Waals surface area contributed by atoms with Crippen LogP contribution in [0.5, 0.6) is 0 Å². The molecule has 32 heavy (non-hydrogen) atoms. The van der Waals surface area contributed by atoms with Crippen LogP contribution in [-0.4, -0.2) is 25.6 Å². The predicted octanol–water partition coefficient (Wildman–Crippen LogP) is 9.91. The van der Waals surface area contributed by atoms with Crippen molar-refractivity contribution in [2.45, 2.75) is 116 Å². The lowest BCUT2D eigenvalue weighted by molar-refractivity contribution is 0.699. The van der Waals surface area contributed by atoms with Gasteiger partial charge in [-0.05, 0) is 43.9 Å². The van der Waals surface area contributed by atoms with Crippen LogP contribution in [0.3, 0.4) is 0 Å². The second-order valence-electron chi connectivity index (χ2n) is 13.1. The average Bonchev–Trinajstić information content (AvgIpc) is 2.61. The lowest BCUT2D eigenvalue weighted by Crippen LogP contribution is -2.27. The summed E-state index contributed by atoms with van der Waals surface area (Å²) in [6, 6.07) is 15.6. The van der Waals surface area contributed by atoms with Crippen LogP contribution in [0.2, 0.25) is 0 Å². The van der Waals surface area contributed by atoms with Gasteiger partial charge in [0.2, 0.25) is 0 Å². The summed E-state index contributed by atoms with van der Waals surface area (Å²) >= 11 is 0. The first-order valence-electron chi connectivity index (χ1n) is 12.0. The molecule has 3 heteroatoms. The summed E-state index contributed by atoms with van der Waals surface area (Å²) in [6.07, 6.45) is 2.16. The molecule has 0 radical (unpaired) electrons. The van der Waals surface area contributed by atoms with Crippen molar-refractivity contribution in [2.24, 2.45) is 0 Å². The fourth-order valence-electron chi connectivity index (χ4n) is 4.89. The van der Waals surface area contributed by atoms with E-state index in [1.54, 1.807) is 0 Å². The van der Waals surface area contributed by atoms with Crippen LogP contribution in [0.1, 0.15) is 94.5 Å². The number of rotatable bonds is 5. The molecule has 1 heterocycles. The Kier molecular flexibility index (Phi) is 8.45. The molecule has 0 atom stereocenters. The molecule has 1 aromatic heterocycles. The number of aromatic nitrogens is 1. The van der Waals surface area contributed by atoms with Crippen molar-refractivity contribution < 1.29 is 0 Å². The number of benzene rings is 1. The largest absolute Gasteiger partial charge is 0.257 e. The molecule has 0 aliphatic carbocycles. The fraction of sp³-hybridized carbons (Fsp3) is 0.621. The standard InChI is InChI=1S/C29H47NP2/c1-26(2,3)31(27(4,5)6)20-24-18-23(22-16-14-13-15-17-22)19-25(30-24)21-32(28(7,8)9)29(10,11)12/h13-19H,20-21H2,1-12H3. The van der Waals surface area contributed by atoms with Gasteiger partial charge in [-0.1, -0.05) is 129 Å². The highest BCUT2D eigenvalue weighted by molar-refractivity contribution is 7.60. The first-order valence-corrected chi connectivity index (χ1v) is 15.1. The molecule has 1 aromatic carbocycles. The van der Waals surface area contributed by atoms with Crippen LogP contribution in [0.25, 0.3) is 11.1 Å². The Hall–Kier alpha value is -0.770. The maximum atomic E-state index is 5.32. The number of nitrogens with zero attached hydrogens (tertiary/aromatic N) is 1. The van der Waals surface area contributed by atoms with Crippen LogP contribution in [-0.2, 0) is 12.3 Å². The smallest absolute Gasteiger partial charge is 0.0456 e. The molecule has 0 N–H and O–H groups in total. The van der Waals surface area contributed by atoms with Gasteiger partial charge in [0, 0.05) is 23.7 Å². The molecule has 0 spiro atoms. The molecular formula is C29H47NP2. The Balaban J connectivity index is 2.58. The van der Waals surface area contributed by atoms with Crippen molar-refractivity contribution in [1.29, 1.82) is 0 Å². The number of pyridine rings is 1. The van der Waals surface area contributed by atoms with Crippen LogP contribution < -0.4 is 0 Å². The SMILES string of the molecule is CC(C)(C)P(Cc1cc(-c2ccccc2)cc(CP(C(C)(C)C)C(C)(C)C)n1)C(C)(C)C. The minimum Gasteiger partial charge on any atom is -0.257 e. The zero-order valence-electron chi connectivity index (χ0n) is 22.8. The highest BCUT2D eigenvalue weighted by Gasteiger charge is 2.36. The van der Waals surface area contributed by atoms with Crippen molar-refractivity contribution in [3.05, 3.63) is 53.9 Å². The first-order chi connectivity index (χ1) is 14.4.